The van der Waals surface area contributed by atoms with E-state index in [1.807, 2.05) is 24.3 Å². The van der Waals surface area contributed by atoms with Crippen molar-refractivity contribution in [1.29, 1.82) is 0 Å². The van der Waals surface area contributed by atoms with Gasteiger partial charge in [-0.05, 0) is 43.0 Å². The maximum atomic E-state index is 12.8. The molecule has 158 valence electrons. The highest BCUT2D eigenvalue weighted by molar-refractivity contribution is 6.06. The van der Waals surface area contributed by atoms with Gasteiger partial charge in [0.05, 0.1) is 10.6 Å². The molecule has 0 spiro atoms. The molecule has 1 atom stereocenters. The quantitative estimate of drug-likeness (QED) is 0.521. The van der Waals surface area contributed by atoms with E-state index in [0.29, 0.717) is 17.9 Å². The Hall–Kier alpha value is -3.42. The first kappa shape index (κ1) is 21.3. The molecule has 1 aliphatic heterocycles. The van der Waals surface area contributed by atoms with Gasteiger partial charge in [-0.2, -0.15) is 0 Å². The number of fused-ring (bicyclic) bond motifs is 1. The summed E-state index contributed by atoms with van der Waals surface area (Å²) in [5, 5.41) is 13.9. The van der Waals surface area contributed by atoms with Gasteiger partial charge < -0.3 is 10.1 Å². The number of hydrogen-bond donors (Lipinski definition) is 1. The third-order valence-corrected chi connectivity index (χ3v) is 4.98. The van der Waals surface area contributed by atoms with E-state index in [-0.39, 0.29) is 23.8 Å². The number of amides is 2. The molecule has 2 aromatic rings. The largest absolute Gasteiger partial charge is 0.478 e. The molecule has 8 heteroatoms. The molecule has 1 unspecified atom stereocenters. The number of nitro benzene ring substituents is 1. The molecule has 0 saturated carbocycles. The number of non-ortho nitro benzene ring substituents is 1. The Morgan fingerprint density at radius 1 is 1.20 bits per heavy atom. The monoisotopic (exact) mass is 411 g/mol. The van der Waals surface area contributed by atoms with E-state index in [1.54, 1.807) is 6.92 Å². The second kappa shape index (κ2) is 9.39. The molecule has 0 radical (unpaired) electrons. The standard InChI is InChI=1S/C22H25N3O5/c1-3-5-6-15-7-9-16(10-8-15)23-21(26)14-24-18-13-17(25(28)29)11-12-20(18)30-19(4-2)22(24)27/h7-13,19H,3-6,14H2,1-2H3,(H,23,26). The third kappa shape index (κ3) is 4.76. The van der Waals surface area contributed by atoms with Crippen LogP contribution in [-0.2, 0) is 16.0 Å². The molecule has 2 amide bonds. The number of nitro groups is 1. The number of hydrogen-bond acceptors (Lipinski definition) is 5. The van der Waals surface area contributed by atoms with Gasteiger partial charge in [0.1, 0.15) is 12.3 Å². The van der Waals surface area contributed by atoms with E-state index in [1.165, 1.54) is 28.7 Å². The van der Waals surface area contributed by atoms with E-state index in [4.69, 9.17) is 4.74 Å². The molecule has 8 nitrogen and oxygen atoms in total. The topological polar surface area (TPSA) is 102 Å². The summed E-state index contributed by atoms with van der Waals surface area (Å²) < 4.78 is 5.66. The molecular formula is C22H25N3O5. The first-order valence-electron chi connectivity index (χ1n) is 10.1. The van der Waals surface area contributed by atoms with E-state index in [9.17, 15) is 19.7 Å². The van der Waals surface area contributed by atoms with E-state index < -0.39 is 16.9 Å². The normalized spacial score (nSPS) is 15.3. The van der Waals surface area contributed by atoms with Crippen LogP contribution in [0.1, 0.15) is 38.7 Å². The molecule has 30 heavy (non-hydrogen) atoms. The van der Waals surface area contributed by atoms with Crippen LogP contribution in [0.3, 0.4) is 0 Å². The Morgan fingerprint density at radius 2 is 1.93 bits per heavy atom. The maximum Gasteiger partial charge on any atom is 0.271 e. The van der Waals surface area contributed by atoms with Gasteiger partial charge >= 0.3 is 0 Å². The van der Waals surface area contributed by atoms with Crippen LogP contribution in [0.5, 0.6) is 5.75 Å². The number of nitrogens with one attached hydrogen (secondary N) is 1. The van der Waals surface area contributed by atoms with E-state index >= 15 is 0 Å². The summed E-state index contributed by atoms with van der Waals surface area (Å²) in [7, 11) is 0. The summed E-state index contributed by atoms with van der Waals surface area (Å²) in [5.41, 5.74) is 1.88. The van der Waals surface area contributed by atoms with Crippen molar-refractivity contribution in [3.8, 4) is 5.75 Å². The summed E-state index contributed by atoms with van der Waals surface area (Å²) in [6.45, 7) is 3.68. The zero-order chi connectivity index (χ0) is 21.7. The zero-order valence-electron chi connectivity index (χ0n) is 17.1. The molecular weight excluding hydrogens is 386 g/mol. The van der Waals surface area contributed by atoms with Gasteiger partial charge in [0.15, 0.2) is 6.10 Å². The van der Waals surface area contributed by atoms with Crippen molar-refractivity contribution < 1.29 is 19.2 Å². The molecule has 1 N–H and O–H groups in total. The predicted molar refractivity (Wildman–Crippen MR) is 114 cm³/mol. The minimum absolute atomic E-state index is 0.173. The molecule has 0 aromatic heterocycles. The van der Waals surface area contributed by atoms with Gasteiger partial charge in [-0.3, -0.25) is 24.6 Å². The molecule has 0 aliphatic carbocycles. The average molecular weight is 411 g/mol. The van der Waals surface area contributed by atoms with Crippen LogP contribution in [0.15, 0.2) is 42.5 Å². The highest BCUT2D eigenvalue weighted by Crippen LogP contribution is 2.37. The summed E-state index contributed by atoms with van der Waals surface area (Å²) >= 11 is 0. The SMILES string of the molecule is CCCCc1ccc(NC(=O)CN2C(=O)C(CC)Oc3ccc([N+](=O)[O-])cc32)cc1. The number of ether oxygens (including phenoxy) is 1. The van der Waals surface area contributed by atoms with Crippen molar-refractivity contribution in [3.63, 3.8) is 0 Å². The highest BCUT2D eigenvalue weighted by atomic mass is 16.6. The number of aryl methyl sites for hydroxylation is 1. The summed E-state index contributed by atoms with van der Waals surface area (Å²) in [5.74, 6) is -0.436. The second-order valence-corrected chi connectivity index (χ2v) is 7.20. The third-order valence-electron chi connectivity index (χ3n) is 4.98. The number of unbranched alkanes of at least 4 members (excludes halogenated alkanes) is 1. The van der Waals surface area contributed by atoms with Crippen LogP contribution in [-0.4, -0.2) is 29.4 Å². The lowest BCUT2D eigenvalue weighted by Crippen LogP contribution is -2.48. The Bertz CT molecular complexity index is 942. The van der Waals surface area contributed by atoms with Gasteiger partial charge in [-0.25, -0.2) is 0 Å². The molecule has 0 saturated heterocycles. The van der Waals surface area contributed by atoms with Crippen LogP contribution in [0, 0.1) is 10.1 Å². The van der Waals surface area contributed by atoms with Crippen LogP contribution in [0.4, 0.5) is 17.1 Å². The van der Waals surface area contributed by atoms with Crippen molar-refractivity contribution in [3.05, 3.63) is 58.1 Å². The lowest BCUT2D eigenvalue weighted by atomic mass is 10.1. The van der Waals surface area contributed by atoms with Gasteiger partial charge in [0.2, 0.25) is 5.91 Å². The molecule has 0 fully saturated rings. The fourth-order valence-corrected chi connectivity index (χ4v) is 3.33. The second-order valence-electron chi connectivity index (χ2n) is 7.20. The van der Waals surface area contributed by atoms with Crippen molar-refractivity contribution >= 4 is 28.9 Å². The van der Waals surface area contributed by atoms with Crippen molar-refractivity contribution in [2.24, 2.45) is 0 Å². The number of benzene rings is 2. The molecule has 3 rings (SSSR count). The van der Waals surface area contributed by atoms with E-state index in [2.05, 4.69) is 12.2 Å². The Balaban J connectivity index is 1.77. The summed E-state index contributed by atoms with van der Waals surface area (Å²) in [6.07, 6.45) is 2.90. The van der Waals surface area contributed by atoms with Crippen molar-refractivity contribution in [2.45, 2.75) is 45.6 Å². The Labute approximate surface area is 175 Å². The van der Waals surface area contributed by atoms with Gasteiger partial charge in [-0.1, -0.05) is 32.4 Å². The van der Waals surface area contributed by atoms with Crippen molar-refractivity contribution in [1.82, 2.24) is 0 Å². The number of rotatable bonds is 8. The fraction of sp³-hybridized carbons (Fsp3) is 0.364. The van der Waals surface area contributed by atoms with Gasteiger partial charge in [0.25, 0.3) is 11.6 Å². The molecule has 2 aromatic carbocycles. The lowest BCUT2D eigenvalue weighted by molar-refractivity contribution is -0.384. The number of nitrogens with zero attached hydrogens (tertiary/aromatic N) is 2. The molecule has 0 bridgehead atoms. The number of carbonyl (C=O) groups is 2. The zero-order valence-corrected chi connectivity index (χ0v) is 17.1. The summed E-state index contributed by atoms with van der Waals surface area (Å²) in [6, 6.07) is 11.6. The van der Waals surface area contributed by atoms with Crippen LogP contribution >= 0.6 is 0 Å². The minimum Gasteiger partial charge on any atom is -0.478 e. The molecule has 1 heterocycles. The Morgan fingerprint density at radius 3 is 2.57 bits per heavy atom. The van der Waals surface area contributed by atoms with Crippen LogP contribution in [0.25, 0.3) is 0 Å². The minimum atomic E-state index is -0.732. The predicted octanol–water partition coefficient (Wildman–Crippen LogP) is 4.08. The smallest absolute Gasteiger partial charge is 0.271 e. The number of anilines is 2. The van der Waals surface area contributed by atoms with Crippen LogP contribution in [0.2, 0.25) is 0 Å². The fourth-order valence-electron chi connectivity index (χ4n) is 3.33. The summed E-state index contributed by atoms with van der Waals surface area (Å²) in [4.78, 5) is 37.3. The highest BCUT2D eigenvalue weighted by Gasteiger charge is 2.35. The van der Waals surface area contributed by atoms with E-state index in [0.717, 1.165) is 19.3 Å². The first-order valence-corrected chi connectivity index (χ1v) is 10.1. The van der Waals surface area contributed by atoms with Gasteiger partial charge in [0, 0.05) is 17.8 Å². The number of carbonyl (C=O) groups excluding carboxylic acids is 2. The maximum absolute atomic E-state index is 12.8. The average Bonchev–Trinajstić information content (AvgIpc) is 2.74. The Kier molecular flexibility index (Phi) is 6.66. The first-order chi connectivity index (χ1) is 14.4. The van der Waals surface area contributed by atoms with Crippen LogP contribution < -0.4 is 15.0 Å². The van der Waals surface area contributed by atoms with Gasteiger partial charge in [-0.15, -0.1) is 0 Å². The lowest BCUT2D eigenvalue weighted by Gasteiger charge is -2.33. The molecule has 1 aliphatic rings. The van der Waals surface area contributed by atoms with Crippen molar-refractivity contribution in [2.75, 3.05) is 16.8 Å².